The van der Waals surface area contributed by atoms with Gasteiger partial charge in [0.15, 0.2) is 0 Å². The smallest absolute Gasteiger partial charge is 0.232 e. The molecule has 0 unspecified atom stereocenters. The molecule has 0 aromatic carbocycles. The molecule has 0 aliphatic carbocycles. The molecule has 114 valence electrons. The first-order valence-electron chi connectivity index (χ1n) is 7.52. The summed E-state index contributed by atoms with van der Waals surface area (Å²) in [6.07, 6.45) is 3.46. The summed E-state index contributed by atoms with van der Waals surface area (Å²) in [5.74, 6) is 1.25. The molecule has 0 amide bonds. The lowest BCUT2D eigenvalue weighted by molar-refractivity contribution is 0.217. The van der Waals surface area contributed by atoms with Crippen molar-refractivity contribution < 1.29 is 4.74 Å². The Balaban J connectivity index is 2.35. The molecule has 1 aromatic heterocycles. The molecule has 0 aliphatic rings. The van der Waals surface area contributed by atoms with Crippen molar-refractivity contribution in [3.05, 3.63) is 18.1 Å². The quantitative estimate of drug-likeness (QED) is 0.710. The molecule has 1 rings (SSSR count). The van der Waals surface area contributed by atoms with Gasteiger partial charge in [-0.05, 0) is 25.6 Å². The number of hydrogen-bond acceptors (Lipinski definition) is 5. The van der Waals surface area contributed by atoms with Crippen LogP contribution in [0.15, 0.2) is 12.4 Å². The van der Waals surface area contributed by atoms with Gasteiger partial charge in [-0.2, -0.15) is 0 Å². The Bertz CT molecular complexity index is 367. The minimum absolute atomic E-state index is 0.612. The highest BCUT2D eigenvalue weighted by molar-refractivity contribution is 5.08. The molecule has 5 heteroatoms. The van der Waals surface area contributed by atoms with E-state index < -0.39 is 0 Å². The zero-order chi connectivity index (χ0) is 14.8. The van der Waals surface area contributed by atoms with Crippen LogP contribution in [0.25, 0.3) is 0 Å². The fourth-order valence-corrected chi connectivity index (χ4v) is 1.85. The molecule has 0 aliphatic heterocycles. The predicted molar refractivity (Wildman–Crippen MR) is 81.9 cm³/mol. The molecular weight excluding hydrogens is 252 g/mol. The number of ether oxygens (including phenoxy) is 1. The number of hydrogen-bond donors (Lipinski definition) is 1. The maximum Gasteiger partial charge on any atom is 0.232 e. The van der Waals surface area contributed by atoms with E-state index in [0.29, 0.717) is 18.4 Å². The summed E-state index contributed by atoms with van der Waals surface area (Å²) in [6, 6.07) is 0. The summed E-state index contributed by atoms with van der Waals surface area (Å²) in [4.78, 5) is 11.0. The minimum Gasteiger partial charge on any atom is -0.475 e. The Morgan fingerprint density at radius 2 is 2.00 bits per heavy atom. The predicted octanol–water partition coefficient (Wildman–Crippen LogP) is 1.94. The molecule has 0 atom stereocenters. The van der Waals surface area contributed by atoms with E-state index >= 15 is 0 Å². The fraction of sp³-hybridized carbons (Fsp3) is 0.733. The van der Waals surface area contributed by atoms with Gasteiger partial charge in [0.05, 0.1) is 11.9 Å². The molecule has 0 bridgehead atoms. The van der Waals surface area contributed by atoms with Gasteiger partial charge < -0.3 is 15.0 Å². The van der Waals surface area contributed by atoms with Crippen LogP contribution in [0.5, 0.6) is 5.88 Å². The van der Waals surface area contributed by atoms with Gasteiger partial charge in [-0.25, -0.2) is 4.98 Å². The lowest BCUT2D eigenvalue weighted by Gasteiger charge is -2.17. The molecule has 1 heterocycles. The third-order valence-electron chi connectivity index (χ3n) is 3.07. The minimum atomic E-state index is 0.612. The largest absolute Gasteiger partial charge is 0.475 e. The third-order valence-corrected chi connectivity index (χ3v) is 3.07. The summed E-state index contributed by atoms with van der Waals surface area (Å²) >= 11 is 0. The van der Waals surface area contributed by atoms with E-state index in [1.807, 2.05) is 0 Å². The summed E-state index contributed by atoms with van der Waals surface area (Å²) < 4.78 is 5.67. The topological polar surface area (TPSA) is 50.3 Å². The van der Waals surface area contributed by atoms with Crippen molar-refractivity contribution in [2.24, 2.45) is 5.92 Å². The maximum atomic E-state index is 5.67. The lowest BCUT2D eigenvalue weighted by Crippen LogP contribution is -2.28. The molecule has 20 heavy (non-hydrogen) atoms. The van der Waals surface area contributed by atoms with E-state index in [1.165, 1.54) is 0 Å². The summed E-state index contributed by atoms with van der Waals surface area (Å²) in [5.41, 5.74) is 0.922. The second-order valence-electron chi connectivity index (χ2n) is 5.25. The van der Waals surface area contributed by atoms with Gasteiger partial charge in [0.25, 0.3) is 0 Å². The maximum absolute atomic E-state index is 5.67. The number of aromatic nitrogens is 2. The Kier molecular flexibility index (Phi) is 8.14. The first-order valence-corrected chi connectivity index (χ1v) is 7.52. The van der Waals surface area contributed by atoms with E-state index in [4.69, 9.17) is 4.74 Å². The van der Waals surface area contributed by atoms with Crippen LogP contribution in [0.1, 0.15) is 33.4 Å². The second kappa shape index (κ2) is 9.66. The number of nitrogens with one attached hydrogen (secondary N) is 1. The Morgan fingerprint density at radius 1 is 1.25 bits per heavy atom. The van der Waals surface area contributed by atoms with Crippen LogP contribution in [0.4, 0.5) is 0 Å². The van der Waals surface area contributed by atoms with Crippen LogP contribution < -0.4 is 10.1 Å². The van der Waals surface area contributed by atoms with Gasteiger partial charge in [0.2, 0.25) is 5.88 Å². The third kappa shape index (κ3) is 6.82. The van der Waals surface area contributed by atoms with E-state index in [-0.39, 0.29) is 0 Å². The molecule has 0 radical (unpaired) electrons. The van der Waals surface area contributed by atoms with Crippen LogP contribution in [0.2, 0.25) is 0 Å². The fourth-order valence-electron chi connectivity index (χ4n) is 1.85. The molecule has 0 saturated carbocycles. The van der Waals surface area contributed by atoms with Crippen molar-refractivity contribution in [1.82, 2.24) is 20.2 Å². The molecule has 1 N–H and O–H groups in total. The monoisotopic (exact) mass is 280 g/mol. The van der Waals surface area contributed by atoms with E-state index in [0.717, 1.165) is 38.4 Å². The SMILES string of the molecule is CCN(CC)CCOc1cncc(CNCC(C)C)n1. The second-order valence-corrected chi connectivity index (χ2v) is 5.25. The Hall–Kier alpha value is -1.20. The lowest BCUT2D eigenvalue weighted by atomic mass is 10.2. The molecule has 5 nitrogen and oxygen atoms in total. The zero-order valence-corrected chi connectivity index (χ0v) is 13.2. The van der Waals surface area contributed by atoms with Gasteiger partial charge in [0, 0.05) is 19.3 Å². The van der Waals surface area contributed by atoms with Crippen molar-refractivity contribution in [2.45, 2.75) is 34.2 Å². The highest BCUT2D eigenvalue weighted by Crippen LogP contribution is 2.05. The Morgan fingerprint density at radius 3 is 2.65 bits per heavy atom. The van der Waals surface area contributed by atoms with E-state index in [9.17, 15) is 0 Å². The summed E-state index contributed by atoms with van der Waals surface area (Å²) in [5, 5.41) is 3.35. The van der Waals surface area contributed by atoms with E-state index in [2.05, 4.69) is 47.9 Å². The molecule has 0 spiro atoms. The van der Waals surface area contributed by atoms with Crippen LogP contribution in [0.3, 0.4) is 0 Å². The molecule has 0 saturated heterocycles. The van der Waals surface area contributed by atoms with Crippen molar-refractivity contribution in [3.63, 3.8) is 0 Å². The van der Waals surface area contributed by atoms with Crippen molar-refractivity contribution in [3.8, 4) is 5.88 Å². The van der Waals surface area contributed by atoms with Crippen LogP contribution in [-0.2, 0) is 6.54 Å². The van der Waals surface area contributed by atoms with Gasteiger partial charge in [-0.1, -0.05) is 27.7 Å². The molecule has 1 aromatic rings. The average molecular weight is 280 g/mol. The van der Waals surface area contributed by atoms with Crippen molar-refractivity contribution in [2.75, 3.05) is 32.8 Å². The highest BCUT2D eigenvalue weighted by Gasteiger charge is 2.03. The van der Waals surface area contributed by atoms with Gasteiger partial charge in [-0.3, -0.25) is 4.98 Å². The average Bonchev–Trinajstić information content (AvgIpc) is 2.44. The number of nitrogens with zero attached hydrogens (tertiary/aromatic N) is 3. The number of likely N-dealkylation sites (N-methyl/N-ethyl adjacent to an activating group) is 1. The normalized spacial score (nSPS) is 11.3. The highest BCUT2D eigenvalue weighted by atomic mass is 16.5. The van der Waals surface area contributed by atoms with Crippen molar-refractivity contribution >= 4 is 0 Å². The first kappa shape index (κ1) is 16.9. The molecule has 0 fully saturated rings. The summed E-state index contributed by atoms with van der Waals surface area (Å²) in [6.45, 7) is 14.1. The van der Waals surface area contributed by atoms with Gasteiger partial charge in [-0.15, -0.1) is 0 Å². The summed E-state index contributed by atoms with van der Waals surface area (Å²) in [7, 11) is 0. The van der Waals surface area contributed by atoms with Gasteiger partial charge in [0.1, 0.15) is 6.61 Å². The van der Waals surface area contributed by atoms with Crippen LogP contribution in [0, 0.1) is 5.92 Å². The zero-order valence-electron chi connectivity index (χ0n) is 13.2. The van der Waals surface area contributed by atoms with E-state index in [1.54, 1.807) is 12.4 Å². The van der Waals surface area contributed by atoms with Gasteiger partial charge >= 0.3 is 0 Å². The molecular formula is C15H28N4O. The Labute approximate surface area is 122 Å². The van der Waals surface area contributed by atoms with Crippen molar-refractivity contribution in [1.29, 1.82) is 0 Å². The first-order chi connectivity index (χ1) is 9.65. The van der Waals surface area contributed by atoms with Crippen LogP contribution in [-0.4, -0.2) is 47.7 Å². The number of rotatable bonds is 10. The van der Waals surface area contributed by atoms with Crippen LogP contribution >= 0.6 is 0 Å². The standard InChI is InChI=1S/C15H28N4O/c1-5-19(6-2)7-8-20-15-12-17-11-14(18-15)10-16-9-13(3)4/h11-13,16H,5-10H2,1-4H3.